The number of carbonyl (C=O) groups excluding carboxylic acids is 1. The minimum absolute atomic E-state index is 0.210. The molecule has 4 nitrogen and oxygen atoms in total. The number of unbranched alkanes of at least 4 members (excludes halogenated alkanes) is 1. The van der Waals surface area contributed by atoms with Crippen molar-refractivity contribution in [2.75, 3.05) is 6.26 Å². The van der Waals surface area contributed by atoms with Gasteiger partial charge in [-0.15, -0.1) is 0 Å². The molecule has 17 heavy (non-hydrogen) atoms. The molecule has 0 bridgehead atoms. The first-order valence-electron chi connectivity index (χ1n) is 5.49. The Kier molecular flexibility index (Phi) is 4.28. The fraction of sp³-hybridized carbons (Fsp3) is 0.417. The first kappa shape index (κ1) is 13.7. The smallest absolute Gasteiger partial charge is 0.248 e. The topological polar surface area (TPSA) is 77.2 Å². The predicted molar refractivity (Wildman–Crippen MR) is 66.7 cm³/mol. The molecule has 1 amide bonds. The van der Waals surface area contributed by atoms with Gasteiger partial charge in [0.05, 0.1) is 4.90 Å². The molecule has 5 heteroatoms. The summed E-state index contributed by atoms with van der Waals surface area (Å²) < 4.78 is 23.3. The third kappa shape index (κ3) is 3.56. The average Bonchev–Trinajstić information content (AvgIpc) is 2.24. The fourth-order valence-corrected chi connectivity index (χ4v) is 2.61. The van der Waals surface area contributed by atoms with Crippen molar-refractivity contribution in [2.24, 2.45) is 5.73 Å². The fourth-order valence-electron chi connectivity index (χ4n) is 1.63. The van der Waals surface area contributed by atoms with Crippen LogP contribution in [0.4, 0.5) is 0 Å². The standard InChI is InChI=1S/C12H17NO3S/c1-3-4-5-9-6-7-10(12(13)14)8-11(9)17(2,15)16/h6-8H,3-5H2,1-2H3,(H2,13,14). The van der Waals surface area contributed by atoms with Gasteiger partial charge in [-0.3, -0.25) is 4.79 Å². The number of sulfone groups is 1. The minimum atomic E-state index is -3.33. The Balaban J connectivity index is 3.27. The van der Waals surface area contributed by atoms with Gasteiger partial charge in [-0.05, 0) is 30.5 Å². The SMILES string of the molecule is CCCCc1ccc(C(N)=O)cc1S(C)(=O)=O. The highest BCUT2D eigenvalue weighted by molar-refractivity contribution is 7.90. The Morgan fingerprint density at radius 1 is 1.35 bits per heavy atom. The lowest BCUT2D eigenvalue weighted by molar-refractivity contribution is 0.1000. The zero-order chi connectivity index (χ0) is 13.1. The van der Waals surface area contributed by atoms with E-state index in [1.165, 1.54) is 6.07 Å². The molecular formula is C12H17NO3S. The lowest BCUT2D eigenvalue weighted by Crippen LogP contribution is -2.13. The summed E-state index contributed by atoms with van der Waals surface area (Å²) in [5.41, 5.74) is 6.12. The van der Waals surface area contributed by atoms with E-state index < -0.39 is 15.7 Å². The summed E-state index contributed by atoms with van der Waals surface area (Å²) in [5, 5.41) is 0. The molecule has 0 aromatic heterocycles. The molecule has 1 aromatic rings. The maximum atomic E-state index is 11.6. The summed E-state index contributed by atoms with van der Waals surface area (Å²) in [5.74, 6) is -0.614. The molecule has 0 aliphatic rings. The summed E-state index contributed by atoms with van der Waals surface area (Å²) in [4.78, 5) is 11.2. The van der Waals surface area contributed by atoms with Gasteiger partial charge in [-0.2, -0.15) is 0 Å². The van der Waals surface area contributed by atoms with E-state index in [0.717, 1.165) is 24.7 Å². The second-order valence-corrected chi connectivity index (χ2v) is 6.05. The van der Waals surface area contributed by atoms with Crippen LogP contribution in [0.3, 0.4) is 0 Å². The highest BCUT2D eigenvalue weighted by Gasteiger charge is 2.15. The van der Waals surface area contributed by atoms with E-state index >= 15 is 0 Å². The lowest BCUT2D eigenvalue weighted by Gasteiger charge is -2.08. The number of aryl methyl sites for hydroxylation is 1. The zero-order valence-corrected chi connectivity index (χ0v) is 10.9. The molecule has 1 rings (SSSR count). The van der Waals surface area contributed by atoms with E-state index in [1.807, 2.05) is 6.92 Å². The average molecular weight is 255 g/mol. The third-order valence-electron chi connectivity index (χ3n) is 2.55. The quantitative estimate of drug-likeness (QED) is 0.866. The van der Waals surface area contributed by atoms with Crippen molar-refractivity contribution in [3.05, 3.63) is 29.3 Å². The van der Waals surface area contributed by atoms with Gasteiger partial charge in [0.1, 0.15) is 0 Å². The van der Waals surface area contributed by atoms with Gasteiger partial charge in [0.25, 0.3) is 0 Å². The van der Waals surface area contributed by atoms with Crippen LogP contribution >= 0.6 is 0 Å². The van der Waals surface area contributed by atoms with Crippen LogP contribution in [0.1, 0.15) is 35.7 Å². The van der Waals surface area contributed by atoms with Crippen LogP contribution in [0.2, 0.25) is 0 Å². The maximum Gasteiger partial charge on any atom is 0.248 e. The van der Waals surface area contributed by atoms with Gasteiger partial charge >= 0.3 is 0 Å². The summed E-state index contributed by atoms with van der Waals surface area (Å²) in [7, 11) is -3.33. The number of rotatable bonds is 5. The molecule has 0 aliphatic heterocycles. The Morgan fingerprint density at radius 2 is 2.00 bits per heavy atom. The van der Waals surface area contributed by atoms with Gasteiger partial charge in [0, 0.05) is 11.8 Å². The Labute approximate surface area is 102 Å². The minimum Gasteiger partial charge on any atom is -0.366 e. The van der Waals surface area contributed by atoms with Crippen LogP contribution in [0.5, 0.6) is 0 Å². The van der Waals surface area contributed by atoms with E-state index in [-0.39, 0.29) is 10.5 Å². The normalized spacial score (nSPS) is 11.4. The molecule has 0 heterocycles. The third-order valence-corrected chi connectivity index (χ3v) is 3.73. The second kappa shape index (κ2) is 5.31. The van der Waals surface area contributed by atoms with Crippen molar-refractivity contribution >= 4 is 15.7 Å². The van der Waals surface area contributed by atoms with Gasteiger partial charge in [0.2, 0.25) is 5.91 Å². The van der Waals surface area contributed by atoms with E-state index in [0.29, 0.717) is 6.42 Å². The maximum absolute atomic E-state index is 11.6. The van der Waals surface area contributed by atoms with Crippen LogP contribution in [0.15, 0.2) is 23.1 Å². The van der Waals surface area contributed by atoms with Crippen LogP contribution in [0, 0.1) is 0 Å². The first-order chi connectivity index (χ1) is 7.86. The highest BCUT2D eigenvalue weighted by Crippen LogP contribution is 2.19. The Bertz CT molecular complexity index is 521. The highest BCUT2D eigenvalue weighted by atomic mass is 32.2. The molecule has 0 saturated carbocycles. The largest absolute Gasteiger partial charge is 0.366 e. The number of benzene rings is 1. The van der Waals surface area contributed by atoms with Gasteiger partial charge < -0.3 is 5.73 Å². The van der Waals surface area contributed by atoms with Crippen molar-refractivity contribution in [2.45, 2.75) is 31.1 Å². The number of carbonyl (C=O) groups is 1. The van der Waals surface area contributed by atoms with Crippen molar-refractivity contribution in [3.8, 4) is 0 Å². The van der Waals surface area contributed by atoms with Crippen LogP contribution < -0.4 is 5.73 Å². The number of nitrogens with two attached hydrogens (primary N) is 1. The van der Waals surface area contributed by atoms with Crippen molar-refractivity contribution in [1.82, 2.24) is 0 Å². The van der Waals surface area contributed by atoms with E-state index in [2.05, 4.69) is 0 Å². The summed E-state index contributed by atoms with van der Waals surface area (Å²) in [6, 6.07) is 4.61. The van der Waals surface area contributed by atoms with E-state index in [9.17, 15) is 13.2 Å². The van der Waals surface area contributed by atoms with Crippen molar-refractivity contribution < 1.29 is 13.2 Å². The van der Waals surface area contributed by atoms with E-state index in [1.54, 1.807) is 12.1 Å². The molecule has 0 saturated heterocycles. The Morgan fingerprint density at radius 3 is 2.47 bits per heavy atom. The zero-order valence-electron chi connectivity index (χ0n) is 10.1. The molecule has 2 N–H and O–H groups in total. The second-order valence-electron chi connectivity index (χ2n) is 4.06. The molecular weight excluding hydrogens is 238 g/mol. The predicted octanol–water partition coefficient (Wildman–Crippen LogP) is 1.53. The molecule has 0 radical (unpaired) electrons. The molecule has 0 spiro atoms. The summed E-state index contributed by atoms with van der Waals surface area (Å²) in [6.45, 7) is 2.04. The first-order valence-corrected chi connectivity index (χ1v) is 7.38. The molecule has 0 unspecified atom stereocenters. The van der Waals surface area contributed by atoms with Crippen LogP contribution in [-0.2, 0) is 16.3 Å². The number of hydrogen-bond acceptors (Lipinski definition) is 3. The molecule has 1 aromatic carbocycles. The van der Waals surface area contributed by atoms with Gasteiger partial charge in [-0.1, -0.05) is 19.4 Å². The van der Waals surface area contributed by atoms with Crippen LogP contribution in [0.25, 0.3) is 0 Å². The monoisotopic (exact) mass is 255 g/mol. The molecule has 0 atom stereocenters. The molecule has 0 fully saturated rings. The van der Waals surface area contributed by atoms with Crippen LogP contribution in [-0.4, -0.2) is 20.6 Å². The van der Waals surface area contributed by atoms with Gasteiger partial charge in [-0.25, -0.2) is 8.42 Å². The summed E-state index contributed by atoms with van der Waals surface area (Å²) in [6.07, 6.45) is 3.74. The number of primary amides is 1. The summed E-state index contributed by atoms with van der Waals surface area (Å²) >= 11 is 0. The number of amides is 1. The molecule has 94 valence electrons. The van der Waals surface area contributed by atoms with Crippen molar-refractivity contribution in [3.63, 3.8) is 0 Å². The molecule has 0 aliphatic carbocycles. The Hall–Kier alpha value is -1.36. The lowest BCUT2D eigenvalue weighted by atomic mass is 10.1. The van der Waals surface area contributed by atoms with E-state index in [4.69, 9.17) is 5.73 Å². The van der Waals surface area contributed by atoms with Gasteiger partial charge in [0.15, 0.2) is 9.84 Å². The van der Waals surface area contributed by atoms with Crippen molar-refractivity contribution in [1.29, 1.82) is 0 Å². The number of hydrogen-bond donors (Lipinski definition) is 1.